The van der Waals surface area contributed by atoms with Crippen molar-refractivity contribution in [2.75, 3.05) is 19.8 Å². The Kier molecular flexibility index (Phi) is 10.2. The quantitative estimate of drug-likeness (QED) is 0.198. The van der Waals surface area contributed by atoms with Gasteiger partial charge in [0.25, 0.3) is 0 Å². The number of carbonyl (C=O) groups is 1. The lowest BCUT2D eigenvalue weighted by Crippen LogP contribution is -2.27. The zero-order valence-electron chi connectivity index (χ0n) is 19.7. The molecule has 180 valence electrons. The molecule has 3 rings (SSSR count). The van der Waals surface area contributed by atoms with Crippen molar-refractivity contribution in [1.29, 1.82) is 0 Å². The second-order valence-corrected chi connectivity index (χ2v) is 8.52. The summed E-state index contributed by atoms with van der Waals surface area (Å²) in [6, 6.07) is 11.1. The molecule has 33 heavy (non-hydrogen) atoms. The van der Waals surface area contributed by atoms with Gasteiger partial charge in [0.15, 0.2) is 6.29 Å². The lowest BCUT2D eigenvalue weighted by molar-refractivity contribution is -0.206. The minimum atomic E-state index is -0.753. The van der Waals surface area contributed by atoms with E-state index in [1.54, 1.807) is 30.3 Å². The van der Waals surface area contributed by atoms with Crippen LogP contribution in [0.3, 0.4) is 0 Å². The van der Waals surface area contributed by atoms with Gasteiger partial charge >= 0.3 is 5.97 Å². The molecule has 0 aliphatic carbocycles. The fourth-order valence-corrected chi connectivity index (χ4v) is 3.74. The smallest absolute Gasteiger partial charge is 0.346 e. The molecule has 0 radical (unpaired) electrons. The highest BCUT2D eigenvalue weighted by molar-refractivity contribution is 5.91. The minimum absolute atomic E-state index is 0.133. The van der Waals surface area contributed by atoms with Crippen LogP contribution in [0.15, 0.2) is 42.5 Å². The molecule has 1 aliphatic rings. The predicted octanol–water partition coefficient (Wildman–Crippen LogP) is 6.86. The molecule has 0 amide bonds. The molecule has 0 N–H and O–H groups in total. The Morgan fingerprint density at radius 3 is 2.27 bits per heavy atom. The lowest BCUT2D eigenvalue weighted by Gasteiger charge is -2.29. The average Bonchev–Trinajstić information content (AvgIpc) is 2.83. The second kappa shape index (κ2) is 13.3. The van der Waals surface area contributed by atoms with Crippen molar-refractivity contribution in [3.8, 4) is 11.5 Å². The first kappa shape index (κ1) is 25.2. The number of esters is 1. The molecule has 5 nitrogen and oxygen atoms in total. The van der Waals surface area contributed by atoms with Crippen molar-refractivity contribution in [1.82, 2.24) is 0 Å². The van der Waals surface area contributed by atoms with Crippen molar-refractivity contribution in [3.05, 3.63) is 59.4 Å². The van der Waals surface area contributed by atoms with Crippen LogP contribution in [0.4, 0.5) is 4.39 Å². The third-order valence-corrected chi connectivity index (χ3v) is 5.72. The van der Waals surface area contributed by atoms with Gasteiger partial charge in [0.1, 0.15) is 17.3 Å². The maximum absolute atomic E-state index is 14.7. The topological polar surface area (TPSA) is 54.0 Å². The summed E-state index contributed by atoms with van der Waals surface area (Å²) in [5, 5.41) is 0. The van der Waals surface area contributed by atoms with Gasteiger partial charge in [-0.3, -0.25) is 0 Å². The van der Waals surface area contributed by atoms with Gasteiger partial charge < -0.3 is 18.9 Å². The normalized spacial score (nSPS) is 18.2. The largest absolute Gasteiger partial charge is 0.494 e. The standard InChI is InChI=1S/C27H35FO5/c1-3-5-7-9-20-18-31-27(32-19-20)21-10-15-24(25(28)17-21)26(29)33-23-13-11-22(12-14-23)30-16-8-6-4-2/h10-15,17,20,27H,3-9,16,18-19H2,1-2H3. The summed E-state index contributed by atoms with van der Waals surface area (Å²) in [4.78, 5) is 12.5. The Morgan fingerprint density at radius 1 is 0.939 bits per heavy atom. The van der Waals surface area contributed by atoms with Gasteiger partial charge in [0.05, 0.1) is 25.4 Å². The molecular weight excluding hydrogens is 423 g/mol. The summed E-state index contributed by atoms with van der Waals surface area (Å²) in [7, 11) is 0. The highest BCUT2D eigenvalue weighted by atomic mass is 19.1. The van der Waals surface area contributed by atoms with Crippen LogP contribution >= 0.6 is 0 Å². The molecule has 2 aromatic carbocycles. The molecule has 0 unspecified atom stereocenters. The third-order valence-electron chi connectivity index (χ3n) is 5.72. The number of benzene rings is 2. The monoisotopic (exact) mass is 458 g/mol. The molecule has 0 spiro atoms. The van der Waals surface area contributed by atoms with E-state index in [1.807, 2.05) is 0 Å². The number of carbonyl (C=O) groups excluding carboxylic acids is 1. The fourth-order valence-electron chi connectivity index (χ4n) is 3.74. The van der Waals surface area contributed by atoms with Crippen LogP contribution < -0.4 is 9.47 Å². The third kappa shape index (κ3) is 7.83. The van der Waals surface area contributed by atoms with Gasteiger partial charge in [-0.05, 0) is 49.2 Å². The molecule has 1 aliphatic heterocycles. The van der Waals surface area contributed by atoms with Gasteiger partial charge in [-0.25, -0.2) is 9.18 Å². The summed E-state index contributed by atoms with van der Waals surface area (Å²) in [5.74, 6) is 0.00164. The summed E-state index contributed by atoms with van der Waals surface area (Å²) < 4.78 is 37.2. The minimum Gasteiger partial charge on any atom is -0.494 e. The van der Waals surface area contributed by atoms with E-state index in [9.17, 15) is 9.18 Å². The number of ether oxygens (including phenoxy) is 4. The Bertz CT molecular complexity index is 859. The molecule has 1 fully saturated rings. The highest BCUT2D eigenvalue weighted by Crippen LogP contribution is 2.29. The first-order valence-corrected chi connectivity index (χ1v) is 12.1. The maximum Gasteiger partial charge on any atom is 0.346 e. The van der Waals surface area contributed by atoms with E-state index in [2.05, 4.69) is 13.8 Å². The van der Waals surface area contributed by atoms with Crippen LogP contribution in [0.2, 0.25) is 0 Å². The number of hydrogen-bond donors (Lipinski definition) is 0. The van der Waals surface area contributed by atoms with Gasteiger partial charge in [-0.1, -0.05) is 52.0 Å². The van der Waals surface area contributed by atoms with Crippen LogP contribution in [0.1, 0.15) is 81.0 Å². The molecule has 0 bridgehead atoms. The van der Waals surface area contributed by atoms with E-state index in [0.29, 0.717) is 42.8 Å². The maximum atomic E-state index is 14.7. The Labute approximate surface area is 196 Å². The highest BCUT2D eigenvalue weighted by Gasteiger charge is 2.25. The SMILES string of the molecule is CCCCCOc1ccc(OC(=O)c2ccc(C3OCC(CCCCC)CO3)cc2F)cc1. The van der Waals surface area contributed by atoms with Crippen molar-refractivity contribution in [3.63, 3.8) is 0 Å². The molecule has 1 heterocycles. The van der Waals surface area contributed by atoms with E-state index in [4.69, 9.17) is 18.9 Å². The first-order chi connectivity index (χ1) is 16.1. The lowest BCUT2D eigenvalue weighted by atomic mass is 10.0. The second-order valence-electron chi connectivity index (χ2n) is 8.52. The Morgan fingerprint density at radius 2 is 1.61 bits per heavy atom. The van der Waals surface area contributed by atoms with Crippen LogP contribution in [0.5, 0.6) is 11.5 Å². The molecule has 0 aromatic heterocycles. The van der Waals surface area contributed by atoms with Gasteiger partial charge in [0, 0.05) is 11.5 Å². The van der Waals surface area contributed by atoms with Crippen LogP contribution in [-0.4, -0.2) is 25.8 Å². The Hall–Kier alpha value is -2.44. The van der Waals surface area contributed by atoms with Crippen LogP contribution in [0, 0.1) is 11.7 Å². The van der Waals surface area contributed by atoms with Gasteiger partial charge in [0.2, 0.25) is 0 Å². The van der Waals surface area contributed by atoms with E-state index in [0.717, 1.165) is 25.7 Å². The van der Waals surface area contributed by atoms with Crippen LogP contribution in [0.25, 0.3) is 0 Å². The number of unbranched alkanes of at least 4 members (excludes halogenated alkanes) is 4. The van der Waals surface area contributed by atoms with Crippen molar-refractivity contribution in [2.45, 2.75) is 65.1 Å². The molecule has 1 saturated heterocycles. The van der Waals surface area contributed by atoms with Crippen molar-refractivity contribution in [2.24, 2.45) is 5.92 Å². The fraction of sp³-hybridized carbons (Fsp3) is 0.519. The predicted molar refractivity (Wildman–Crippen MR) is 125 cm³/mol. The molecular formula is C27H35FO5. The Balaban J connectivity index is 1.51. The summed E-state index contributed by atoms with van der Waals surface area (Å²) >= 11 is 0. The summed E-state index contributed by atoms with van der Waals surface area (Å²) in [6.07, 6.45) is 7.28. The van der Waals surface area contributed by atoms with E-state index < -0.39 is 18.1 Å². The van der Waals surface area contributed by atoms with Gasteiger partial charge in [-0.2, -0.15) is 0 Å². The van der Waals surface area contributed by atoms with Crippen molar-refractivity contribution >= 4 is 5.97 Å². The molecule has 6 heteroatoms. The van der Waals surface area contributed by atoms with Gasteiger partial charge in [-0.15, -0.1) is 0 Å². The zero-order valence-corrected chi connectivity index (χ0v) is 19.7. The number of rotatable bonds is 12. The van der Waals surface area contributed by atoms with E-state index in [1.165, 1.54) is 31.4 Å². The molecule has 0 saturated carbocycles. The average molecular weight is 459 g/mol. The number of hydrogen-bond acceptors (Lipinski definition) is 5. The zero-order chi connectivity index (χ0) is 23.5. The summed E-state index contributed by atoms with van der Waals surface area (Å²) in [6.45, 7) is 6.16. The summed E-state index contributed by atoms with van der Waals surface area (Å²) in [5.41, 5.74) is 0.424. The molecule has 2 aromatic rings. The van der Waals surface area contributed by atoms with E-state index >= 15 is 0 Å². The van der Waals surface area contributed by atoms with Crippen molar-refractivity contribution < 1.29 is 28.1 Å². The molecule has 0 atom stereocenters. The first-order valence-electron chi connectivity index (χ1n) is 12.1. The van der Waals surface area contributed by atoms with Crippen LogP contribution in [-0.2, 0) is 9.47 Å². The van der Waals surface area contributed by atoms with E-state index in [-0.39, 0.29) is 5.56 Å². The number of halogens is 1.